The van der Waals surface area contributed by atoms with Crippen molar-refractivity contribution in [1.82, 2.24) is 0 Å². The monoisotopic (exact) mass is 317 g/mol. The van der Waals surface area contributed by atoms with Crippen LogP contribution in [0.2, 0.25) is 0 Å². The molecule has 1 fully saturated rings. The van der Waals surface area contributed by atoms with Gasteiger partial charge in [0, 0.05) is 5.46 Å². The molecule has 0 amide bonds. The van der Waals surface area contributed by atoms with Gasteiger partial charge in [-0.1, -0.05) is 6.07 Å². The number of hydrogen-bond acceptors (Lipinski definition) is 5. The Morgan fingerprint density at radius 1 is 1.22 bits per heavy atom. The average molecular weight is 317 g/mol. The van der Waals surface area contributed by atoms with Crippen molar-refractivity contribution in [2.45, 2.75) is 58.3 Å². The van der Waals surface area contributed by atoms with E-state index in [0.717, 1.165) is 0 Å². The lowest BCUT2D eigenvalue weighted by molar-refractivity contribution is 0.00578. The summed E-state index contributed by atoms with van der Waals surface area (Å²) in [6.45, 7) is 11.4. The van der Waals surface area contributed by atoms with Crippen LogP contribution in [0.5, 0.6) is 5.75 Å². The van der Waals surface area contributed by atoms with E-state index >= 15 is 0 Å². The summed E-state index contributed by atoms with van der Waals surface area (Å²) in [7, 11) is -0.585. The van der Waals surface area contributed by atoms with Gasteiger partial charge < -0.3 is 19.2 Å². The molecule has 1 aliphatic heterocycles. The van der Waals surface area contributed by atoms with Crippen molar-refractivity contribution in [2.24, 2.45) is 0 Å². The molecule has 1 heterocycles. The van der Waals surface area contributed by atoms with Crippen molar-refractivity contribution in [1.29, 1.82) is 5.26 Å². The molecular weight excluding hydrogens is 293 g/mol. The first-order chi connectivity index (χ1) is 10.5. The van der Waals surface area contributed by atoms with E-state index in [9.17, 15) is 10.4 Å². The Bertz CT molecular complexity index is 612. The van der Waals surface area contributed by atoms with E-state index < -0.39 is 23.9 Å². The van der Waals surface area contributed by atoms with Crippen molar-refractivity contribution in [2.75, 3.05) is 6.61 Å². The van der Waals surface area contributed by atoms with Gasteiger partial charge in [0.1, 0.15) is 12.4 Å². The molecule has 0 unspecified atom stereocenters. The quantitative estimate of drug-likeness (QED) is 0.860. The van der Waals surface area contributed by atoms with E-state index in [0.29, 0.717) is 16.8 Å². The van der Waals surface area contributed by atoms with E-state index in [1.165, 1.54) is 0 Å². The molecule has 1 saturated heterocycles. The molecule has 0 bridgehead atoms. The van der Waals surface area contributed by atoms with Gasteiger partial charge in [-0.15, -0.1) is 0 Å². The normalized spacial score (nSPS) is 19.5. The highest BCUT2D eigenvalue weighted by molar-refractivity contribution is 6.62. The fourth-order valence-corrected chi connectivity index (χ4v) is 2.16. The summed E-state index contributed by atoms with van der Waals surface area (Å²) in [4.78, 5) is 0. The van der Waals surface area contributed by atoms with Crippen LogP contribution < -0.4 is 10.2 Å². The third-order valence-corrected chi connectivity index (χ3v) is 4.24. The highest BCUT2D eigenvalue weighted by Gasteiger charge is 2.52. The van der Waals surface area contributed by atoms with Crippen molar-refractivity contribution in [3.63, 3.8) is 0 Å². The summed E-state index contributed by atoms with van der Waals surface area (Å²) in [5.74, 6) is 0.531. The van der Waals surface area contributed by atoms with Gasteiger partial charge in [0.05, 0.1) is 28.4 Å². The van der Waals surface area contributed by atoms with Crippen LogP contribution in [0.4, 0.5) is 0 Å². The van der Waals surface area contributed by atoms with E-state index in [4.69, 9.17) is 14.0 Å². The minimum absolute atomic E-state index is 0.147. The van der Waals surface area contributed by atoms with Crippen molar-refractivity contribution in [3.05, 3.63) is 23.8 Å². The first-order valence-electron chi connectivity index (χ1n) is 7.70. The van der Waals surface area contributed by atoms with Gasteiger partial charge in [-0.25, -0.2) is 0 Å². The number of rotatable bonds is 4. The molecule has 0 aliphatic carbocycles. The first-order valence-corrected chi connectivity index (χ1v) is 7.70. The Labute approximate surface area is 138 Å². The maximum absolute atomic E-state index is 9.72. The summed E-state index contributed by atoms with van der Waals surface area (Å²) in [5, 5.41) is 19.1. The van der Waals surface area contributed by atoms with E-state index in [1.807, 2.05) is 27.7 Å². The zero-order valence-electron chi connectivity index (χ0n) is 14.6. The van der Waals surface area contributed by atoms with E-state index in [1.54, 1.807) is 32.0 Å². The highest BCUT2D eigenvalue weighted by Crippen LogP contribution is 2.36. The standard InChI is InChI=1S/C17H24BNO4/c1-15(2,20)11-21-13-7-8-14(12(9-13)10-19)18-22-16(3,4)17(5,6)23-18/h7-9,20H,11H2,1-6H3. The SMILES string of the molecule is CC(C)(O)COc1ccc(B2OC(C)(C)C(C)(C)O2)c(C#N)c1. The van der Waals surface area contributed by atoms with Crippen LogP contribution in [0, 0.1) is 11.3 Å². The van der Waals surface area contributed by atoms with E-state index in [-0.39, 0.29) is 6.61 Å². The molecule has 23 heavy (non-hydrogen) atoms. The highest BCUT2D eigenvalue weighted by atomic mass is 16.7. The number of benzene rings is 1. The lowest BCUT2D eigenvalue weighted by Gasteiger charge is -2.32. The van der Waals surface area contributed by atoms with Crippen molar-refractivity contribution >= 4 is 12.6 Å². The topological polar surface area (TPSA) is 71.7 Å². The molecule has 2 rings (SSSR count). The van der Waals surface area contributed by atoms with Crippen LogP contribution in [0.15, 0.2) is 18.2 Å². The van der Waals surface area contributed by atoms with Crippen LogP contribution in [-0.4, -0.2) is 35.6 Å². The molecular formula is C17H24BNO4. The number of ether oxygens (including phenoxy) is 1. The predicted octanol–water partition coefficient (Wildman–Crippen LogP) is 2.01. The van der Waals surface area contributed by atoms with Crippen LogP contribution in [0.25, 0.3) is 0 Å². The number of hydrogen-bond donors (Lipinski definition) is 1. The molecule has 0 saturated carbocycles. The van der Waals surface area contributed by atoms with Gasteiger partial charge in [0.25, 0.3) is 0 Å². The lowest BCUT2D eigenvalue weighted by Crippen LogP contribution is -2.41. The van der Waals surface area contributed by atoms with Gasteiger partial charge in [-0.3, -0.25) is 0 Å². The van der Waals surface area contributed by atoms with E-state index in [2.05, 4.69) is 6.07 Å². The van der Waals surface area contributed by atoms with Gasteiger partial charge in [-0.2, -0.15) is 5.26 Å². The maximum atomic E-state index is 9.72. The van der Waals surface area contributed by atoms with Gasteiger partial charge >= 0.3 is 7.12 Å². The average Bonchev–Trinajstić information content (AvgIpc) is 2.64. The molecule has 0 radical (unpaired) electrons. The second-order valence-electron chi connectivity index (χ2n) is 7.55. The molecule has 1 aromatic rings. The Morgan fingerprint density at radius 2 is 1.78 bits per heavy atom. The molecule has 0 spiro atoms. The largest absolute Gasteiger partial charge is 0.496 e. The Morgan fingerprint density at radius 3 is 2.26 bits per heavy atom. The molecule has 1 N–H and O–H groups in total. The lowest BCUT2D eigenvalue weighted by atomic mass is 9.76. The second kappa shape index (κ2) is 5.83. The minimum atomic E-state index is -0.933. The third-order valence-electron chi connectivity index (χ3n) is 4.24. The minimum Gasteiger partial charge on any atom is -0.491 e. The zero-order chi connectivity index (χ0) is 17.5. The third kappa shape index (κ3) is 3.87. The van der Waals surface area contributed by atoms with Crippen LogP contribution >= 0.6 is 0 Å². The van der Waals surface area contributed by atoms with Gasteiger partial charge in [0.2, 0.25) is 0 Å². The van der Waals surface area contributed by atoms with Crippen molar-refractivity contribution in [3.8, 4) is 11.8 Å². The number of nitrogens with zero attached hydrogens (tertiary/aromatic N) is 1. The summed E-state index contributed by atoms with van der Waals surface area (Å²) in [5.41, 5.74) is -0.725. The zero-order valence-corrected chi connectivity index (χ0v) is 14.6. The summed E-state index contributed by atoms with van der Waals surface area (Å²) in [6, 6.07) is 7.34. The molecule has 1 aliphatic rings. The summed E-state index contributed by atoms with van der Waals surface area (Å²) in [6.07, 6.45) is 0. The van der Waals surface area contributed by atoms with Crippen molar-refractivity contribution < 1.29 is 19.2 Å². The molecule has 1 aromatic carbocycles. The Hall–Kier alpha value is -1.55. The fraction of sp³-hybridized carbons (Fsp3) is 0.588. The second-order valence-corrected chi connectivity index (χ2v) is 7.55. The van der Waals surface area contributed by atoms with Crippen LogP contribution in [0.1, 0.15) is 47.1 Å². The van der Waals surface area contributed by atoms with Crippen LogP contribution in [0.3, 0.4) is 0 Å². The molecule has 5 nitrogen and oxygen atoms in total. The summed E-state index contributed by atoms with van der Waals surface area (Å²) >= 11 is 0. The van der Waals surface area contributed by atoms with Crippen LogP contribution in [-0.2, 0) is 9.31 Å². The smallest absolute Gasteiger partial charge is 0.491 e. The number of aliphatic hydroxyl groups is 1. The van der Waals surface area contributed by atoms with Gasteiger partial charge in [0.15, 0.2) is 0 Å². The molecule has 0 aromatic heterocycles. The fourth-order valence-electron chi connectivity index (χ4n) is 2.16. The van der Waals surface area contributed by atoms with Gasteiger partial charge in [-0.05, 0) is 53.7 Å². The first kappa shape index (κ1) is 17.8. The summed E-state index contributed by atoms with van der Waals surface area (Å²) < 4.78 is 17.5. The molecule has 124 valence electrons. The Balaban J connectivity index is 2.23. The molecule has 0 atom stereocenters. The predicted molar refractivity (Wildman–Crippen MR) is 88.7 cm³/mol. The number of nitriles is 1. The Kier molecular flexibility index (Phi) is 4.51. The maximum Gasteiger partial charge on any atom is 0.496 e. The molecule has 6 heteroatoms.